The first kappa shape index (κ1) is 15.6. The predicted octanol–water partition coefficient (Wildman–Crippen LogP) is 3.02. The van der Waals surface area contributed by atoms with E-state index in [2.05, 4.69) is 0 Å². The molecule has 21 heavy (non-hydrogen) atoms. The van der Waals surface area contributed by atoms with Gasteiger partial charge in [-0.05, 0) is 30.3 Å². The maximum atomic E-state index is 12.6. The Kier molecular flexibility index (Phi) is 4.68. The van der Waals surface area contributed by atoms with Gasteiger partial charge >= 0.3 is 0 Å². The SMILES string of the molecule is CCN(Cc1ccco1)S(=O)(=O)c1ccc(C#N)c(Cl)c1. The van der Waals surface area contributed by atoms with Gasteiger partial charge in [0, 0.05) is 6.54 Å². The van der Waals surface area contributed by atoms with Crippen LogP contribution < -0.4 is 0 Å². The Balaban J connectivity index is 2.35. The maximum absolute atomic E-state index is 12.6. The number of furan rings is 1. The monoisotopic (exact) mass is 324 g/mol. The molecular weight excluding hydrogens is 312 g/mol. The van der Waals surface area contributed by atoms with Crippen molar-refractivity contribution in [2.24, 2.45) is 0 Å². The van der Waals surface area contributed by atoms with E-state index in [0.29, 0.717) is 12.3 Å². The van der Waals surface area contributed by atoms with Crippen LogP contribution in [0.1, 0.15) is 18.2 Å². The first-order chi connectivity index (χ1) is 9.98. The molecule has 0 fully saturated rings. The minimum absolute atomic E-state index is 0.0555. The van der Waals surface area contributed by atoms with Crippen molar-refractivity contribution in [3.05, 3.63) is 52.9 Å². The molecule has 0 bridgehead atoms. The van der Waals surface area contributed by atoms with Crippen LogP contribution in [0.2, 0.25) is 5.02 Å². The minimum Gasteiger partial charge on any atom is -0.468 e. The summed E-state index contributed by atoms with van der Waals surface area (Å²) in [6.07, 6.45) is 1.49. The van der Waals surface area contributed by atoms with Crippen LogP contribution in [0.15, 0.2) is 45.9 Å². The van der Waals surface area contributed by atoms with Crippen molar-refractivity contribution in [2.45, 2.75) is 18.4 Å². The van der Waals surface area contributed by atoms with Gasteiger partial charge in [-0.15, -0.1) is 0 Å². The molecule has 1 aromatic carbocycles. The summed E-state index contributed by atoms with van der Waals surface area (Å²) in [6, 6.07) is 9.38. The van der Waals surface area contributed by atoms with E-state index < -0.39 is 10.0 Å². The van der Waals surface area contributed by atoms with Gasteiger partial charge in [0.15, 0.2) is 0 Å². The molecule has 1 heterocycles. The average molecular weight is 325 g/mol. The van der Waals surface area contributed by atoms with E-state index in [1.807, 2.05) is 6.07 Å². The highest BCUT2D eigenvalue weighted by molar-refractivity contribution is 7.89. The van der Waals surface area contributed by atoms with Crippen molar-refractivity contribution in [1.29, 1.82) is 5.26 Å². The second-order valence-corrected chi connectivity index (χ2v) is 6.61. The number of nitriles is 1. The third kappa shape index (κ3) is 3.27. The zero-order valence-corrected chi connectivity index (χ0v) is 12.9. The molecule has 1 aromatic heterocycles. The van der Waals surface area contributed by atoms with Crippen LogP contribution >= 0.6 is 11.6 Å². The van der Waals surface area contributed by atoms with Gasteiger partial charge in [-0.2, -0.15) is 9.57 Å². The van der Waals surface area contributed by atoms with Crippen molar-refractivity contribution in [1.82, 2.24) is 4.31 Å². The van der Waals surface area contributed by atoms with Crippen LogP contribution in [-0.2, 0) is 16.6 Å². The number of sulfonamides is 1. The van der Waals surface area contributed by atoms with E-state index >= 15 is 0 Å². The summed E-state index contributed by atoms with van der Waals surface area (Å²) in [5, 5.41) is 8.95. The van der Waals surface area contributed by atoms with Gasteiger partial charge in [0.05, 0.1) is 28.3 Å². The molecule has 0 aliphatic heterocycles. The van der Waals surface area contributed by atoms with E-state index in [-0.39, 0.29) is 22.0 Å². The number of hydrogen-bond donors (Lipinski definition) is 0. The molecule has 0 aliphatic carbocycles. The van der Waals surface area contributed by atoms with Crippen LogP contribution in [0.3, 0.4) is 0 Å². The molecule has 0 spiro atoms. The summed E-state index contributed by atoms with van der Waals surface area (Å²) >= 11 is 5.90. The van der Waals surface area contributed by atoms with Gasteiger partial charge < -0.3 is 4.42 Å². The van der Waals surface area contributed by atoms with Crippen molar-refractivity contribution in [2.75, 3.05) is 6.54 Å². The highest BCUT2D eigenvalue weighted by atomic mass is 35.5. The van der Waals surface area contributed by atoms with Crippen molar-refractivity contribution >= 4 is 21.6 Å². The lowest BCUT2D eigenvalue weighted by molar-refractivity contribution is 0.375. The lowest BCUT2D eigenvalue weighted by Gasteiger charge is -2.19. The minimum atomic E-state index is -3.70. The maximum Gasteiger partial charge on any atom is 0.243 e. The zero-order valence-electron chi connectivity index (χ0n) is 11.3. The van der Waals surface area contributed by atoms with Gasteiger partial charge in [-0.1, -0.05) is 18.5 Å². The van der Waals surface area contributed by atoms with E-state index in [1.165, 1.54) is 28.8 Å². The molecular formula is C14H13ClN2O3S. The standard InChI is InChI=1S/C14H13ClN2O3S/c1-2-17(10-12-4-3-7-20-12)21(18,19)13-6-5-11(9-16)14(15)8-13/h3-8H,2,10H2,1H3. The largest absolute Gasteiger partial charge is 0.468 e. The Bertz CT molecular complexity index is 764. The average Bonchev–Trinajstić information content (AvgIpc) is 2.97. The highest BCUT2D eigenvalue weighted by Crippen LogP contribution is 2.24. The number of halogens is 1. The Labute approximate surface area is 128 Å². The van der Waals surface area contributed by atoms with Crippen LogP contribution in [0.25, 0.3) is 0 Å². The molecule has 0 atom stereocenters. The molecule has 0 amide bonds. The van der Waals surface area contributed by atoms with E-state index in [9.17, 15) is 8.42 Å². The fraction of sp³-hybridized carbons (Fsp3) is 0.214. The van der Waals surface area contributed by atoms with E-state index in [0.717, 1.165) is 0 Å². The Hall–Kier alpha value is -1.81. The second-order valence-electron chi connectivity index (χ2n) is 4.26. The summed E-state index contributed by atoms with van der Waals surface area (Å²) in [6.45, 7) is 2.18. The molecule has 0 saturated carbocycles. The number of nitrogens with zero attached hydrogens (tertiary/aromatic N) is 2. The summed E-state index contributed by atoms with van der Waals surface area (Å²) in [7, 11) is -3.70. The van der Waals surface area contributed by atoms with Gasteiger partial charge in [-0.3, -0.25) is 0 Å². The van der Waals surface area contributed by atoms with E-state index in [4.69, 9.17) is 21.3 Å². The lowest BCUT2D eigenvalue weighted by Crippen LogP contribution is -2.30. The highest BCUT2D eigenvalue weighted by Gasteiger charge is 2.24. The molecule has 0 radical (unpaired) electrons. The van der Waals surface area contributed by atoms with Crippen molar-refractivity contribution < 1.29 is 12.8 Å². The molecule has 110 valence electrons. The quantitative estimate of drug-likeness (QED) is 0.847. The molecule has 0 aliphatic rings. The van der Waals surface area contributed by atoms with Crippen LogP contribution in [0.4, 0.5) is 0 Å². The summed E-state index contributed by atoms with van der Waals surface area (Å²) in [5.74, 6) is 0.556. The zero-order chi connectivity index (χ0) is 15.5. The third-order valence-electron chi connectivity index (χ3n) is 2.96. The molecule has 7 heteroatoms. The predicted molar refractivity (Wildman–Crippen MR) is 78.1 cm³/mol. The van der Waals surface area contributed by atoms with Crippen LogP contribution in [0, 0.1) is 11.3 Å². The lowest BCUT2D eigenvalue weighted by atomic mass is 10.2. The fourth-order valence-corrected chi connectivity index (χ4v) is 3.57. The third-order valence-corrected chi connectivity index (χ3v) is 5.19. The number of rotatable bonds is 5. The summed E-state index contributed by atoms with van der Waals surface area (Å²) < 4.78 is 31.6. The molecule has 0 saturated heterocycles. The Morgan fingerprint density at radius 1 is 1.38 bits per heavy atom. The molecule has 0 N–H and O–H groups in total. The first-order valence-corrected chi connectivity index (χ1v) is 8.03. The molecule has 2 rings (SSSR count). The summed E-state index contributed by atoms with van der Waals surface area (Å²) in [4.78, 5) is 0.0555. The Morgan fingerprint density at radius 3 is 2.67 bits per heavy atom. The van der Waals surface area contributed by atoms with Crippen molar-refractivity contribution in [3.8, 4) is 6.07 Å². The van der Waals surface area contributed by atoms with Gasteiger partial charge in [0.1, 0.15) is 11.8 Å². The normalized spacial score (nSPS) is 11.5. The second kappa shape index (κ2) is 6.31. The smallest absolute Gasteiger partial charge is 0.243 e. The van der Waals surface area contributed by atoms with Gasteiger partial charge in [-0.25, -0.2) is 8.42 Å². The summed E-state index contributed by atoms with van der Waals surface area (Å²) in [5.41, 5.74) is 0.240. The number of hydrogen-bond acceptors (Lipinski definition) is 4. The Morgan fingerprint density at radius 2 is 2.14 bits per heavy atom. The first-order valence-electron chi connectivity index (χ1n) is 6.21. The van der Waals surface area contributed by atoms with E-state index in [1.54, 1.807) is 19.1 Å². The van der Waals surface area contributed by atoms with Crippen molar-refractivity contribution in [3.63, 3.8) is 0 Å². The van der Waals surface area contributed by atoms with Gasteiger partial charge in [0.2, 0.25) is 10.0 Å². The molecule has 5 nitrogen and oxygen atoms in total. The van der Waals surface area contributed by atoms with Crippen LogP contribution in [-0.4, -0.2) is 19.3 Å². The van der Waals surface area contributed by atoms with Crippen LogP contribution in [0.5, 0.6) is 0 Å². The molecule has 0 unspecified atom stereocenters. The number of benzene rings is 1. The van der Waals surface area contributed by atoms with Gasteiger partial charge in [0.25, 0.3) is 0 Å². The fourth-order valence-electron chi connectivity index (χ4n) is 1.84. The molecule has 2 aromatic rings. The topological polar surface area (TPSA) is 74.3 Å².